The predicted molar refractivity (Wildman–Crippen MR) is 86.3 cm³/mol. The number of nitrogens with one attached hydrogen (secondary N) is 1. The first kappa shape index (κ1) is 18.1. The highest BCUT2D eigenvalue weighted by Gasteiger charge is 2.32. The van der Waals surface area contributed by atoms with E-state index >= 15 is 0 Å². The lowest BCUT2D eigenvalue weighted by molar-refractivity contribution is -0.00699. The van der Waals surface area contributed by atoms with E-state index in [-0.39, 0.29) is 11.7 Å². The molecule has 1 atom stereocenters. The average Bonchev–Trinajstić information content (AvgIpc) is 2.54. The molecule has 2 heterocycles. The van der Waals surface area contributed by atoms with Crippen molar-refractivity contribution < 1.29 is 13.2 Å². The van der Waals surface area contributed by atoms with Crippen molar-refractivity contribution in [2.24, 2.45) is 0 Å². The van der Waals surface area contributed by atoms with Gasteiger partial charge < -0.3 is 9.72 Å². The number of H-pyrrole nitrogens is 1. The molecule has 1 aromatic rings. The Morgan fingerprint density at radius 2 is 2.17 bits per heavy atom. The molecule has 2 rings (SSSR count). The lowest BCUT2D eigenvalue weighted by Crippen LogP contribution is -2.51. The molecular weight excluding hydrogens is 320 g/mol. The quantitative estimate of drug-likeness (QED) is 0.750. The van der Waals surface area contributed by atoms with Crippen molar-refractivity contribution in [2.45, 2.75) is 32.8 Å². The first-order valence-corrected chi connectivity index (χ1v) is 9.27. The molecule has 0 saturated carbocycles. The second-order valence-electron chi connectivity index (χ2n) is 5.38. The highest BCUT2D eigenvalue weighted by molar-refractivity contribution is 7.86. The molecule has 1 aromatic heterocycles. The van der Waals surface area contributed by atoms with Crippen molar-refractivity contribution >= 4 is 10.2 Å². The summed E-state index contributed by atoms with van der Waals surface area (Å²) < 4.78 is 33.7. The van der Waals surface area contributed by atoms with Gasteiger partial charge in [-0.15, -0.1) is 0 Å². The summed E-state index contributed by atoms with van der Waals surface area (Å²) in [6, 6.07) is 1.45. The maximum atomic E-state index is 12.6. The number of aromatic nitrogens is 2. The molecule has 1 N–H and O–H groups in total. The number of ether oxygens (including phenoxy) is 1. The number of aryl methyl sites for hydroxylation is 1. The maximum absolute atomic E-state index is 12.6. The molecule has 0 radical (unpaired) electrons. The van der Waals surface area contributed by atoms with E-state index in [9.17, 15) is 13.2 Å². The van der Waals surface area contributed by atoms with E-state index in [1.54, 1.807) is 0 Å². The molecule has 1 aliphatic rings. The van der Waals surface area contributed by atoms with Gasteiger partial charge in [0.15, 0.2) is 0 Å². The Kier molecular flexibility index (Phi) is 6.28. The normalized spacial score (nSPS) is 20.0. The van der Waals surface area contributed by atoms with Crippen molar-refractivity contribution in [3.63, 3.8) is 0 Å². The second kappa shape index (κ2) is 8.00. The molecule has 9 heteroatoms. The Bertz CT molecular complexity index is 657. The van der Waals surface area contributed by atoms with Crippen LogP contribution in [0, 0.1) is 0 Å². The van der Waals surface area contributed by atoms with E-state index in [4.69, 9.17) is 4.74 Å². The van der Waals surface area contributed by atoms with Crippen LogP contribution >= 0.6 is 0 Å². The Balaban J connectivity index is 1.97. The fraction of sp³-hybridized carbons (Fsp3) is 0.714. The Morgan fingerprint density at radius 1 is 1.43 bits per heavy atom. The molecule has 1 fully saturated rings. The van der Waals surface area contributed by atoms with E-state index in [1.165, 1.54) is 21.0 Å². The number of nitrogens with zero attached hydrogens (tertiary/aromatic N) is 3. The number of aromatic amines is 1. The van der Waals surface area contributed by atoms with Crippen LogP contribution in [0.2, 0.25) is 0 Å². The van der Waals surface area contributed by atoms with Crippen molar-refractivity contribution in [1.82, 2.24) is 18.6 Å². The van der Waals surface area contributed by atoms with Gasteiger partial charge in [-0.25, -0.2) is 4.98 Å². The molecule has 130 valence electrons. The molecule has 0 aromatic carbocycles. The van der Waals surface area contributed by atoms with Crippen molar-refractivity contribution in [1.29, 1.82) is 0 Å². The summed E-state index contributed by atoms with van der Waals surface area (Å²) in [4.78, 5) is 17.8. The number of hydrogen-bond donors (Lipinski definition) is 1. The molecule has 0 bridgehead atoms. The fourth-order valence-corrected chi connectivity index (χ4v) is 4.28. The van der Waals surface area contributed by atoms with Crippen LogP contribution < -0.4 is 5.56 Å². The Hall–Kier alpha value is -1.29. The monoisotopic (exact) mass is 344 g/mol. The SMILES string of the molecule is CCN(CC)S(=O)(=O)N1CCO[C@@H](CCc2cc(=O)[nH]cn2)C1. The van der Waals surface area contributed by atoms with Gasteiger partial charge in [0.25, 0.3) is 15.8 Å². The molecular formula is C14H24N4O4S. The van der Waals surface area contributed by atoms with E-state index < -0.39 is 10.2 Å². The highest BCUT2D eigenvalue weighted by atomic mass is 32.2. The zero-order valence-electron chi connectivity index (χ0n) is 13.6. The predicted octanol–water partition coefficient (Wildman–Crippen LogP) is -0.0101. The first-order chi connectivity index (χ1) is 11.0. The molecule has 1 aliphatic heterocycles. The summed E-state index contributed by atoms with van der Waals surface area (Å²) >= 11 is 0. The van der Waals surface area contributed by atoms with Crippen LogP contribution in [0.25, 0.3) is 0 Å². The summed E-state index contributed by atoms with van der Waals surface area (Å²) in [7, 11) is -3.43. The molecule has 0 amide bonds. The minimum Gasteiger partial charge on any atom is -0.375 e. The van der Waals surface area contributed by atoms with Crippen LogP contribution in [0.15, 0.2) is 17.2 Å². The molecule has 23 heavy (non-hydrogen) atoms. The Morgan fingerprint density at radius 3 is 2.83 bits per heavy atom. The molecule has 1 saturated heterocycles. The van der Waals surface area contributed by atoms with E-state index in [2.05, 4.69) is 9.97 Å². The van der Waals surface area contributed by atoms with Crippen LogP contribution in [-0.4, -0.2) is 65.9 Å². The van der Waals surface area contributed by atoms with Gasteiger partial charge in [0, 0.05) is 37.9 Å². The van der Waals surface area contributed by atoms with Crippen LogP contribution in [0.4, 0.5) is 0 Å². The third-order valence-electron chi connectivity index (χ3n) is 3.92. The summed E-state index contributed by atoms with van der Waals surface area (Å²) in [5.41, 5.74) is 0.492. The van der Waals surface area contributed by atoms with Crippen LogP contribution in [0.1, 0.15) is 26.0 Å². The fourth-order valence-electron chi connectivity index (χ4n) is 2.64. The number of morpholine rings is 1. The van der Waals surface area contributed by atoms with Crippen LogP contribution in [0.5, 0.6) is 0 Å². The standard InChI is InChI=1S/C14H24N4O4S/c1-3-17(4-2)23(20,21)18-7-8-22-13(10-18)6-5-12-9-14(19)16-11-15-12/h9,11,13H,3-8,10H2,1-2H3,(H,15,16,19)/t13-/m0/s1. The van der Waals surface area contributed by atoms with Gasteiger partial charge in [-0.05, 0) is 12.8 Å². The van der Waals surface area contributed by atoms with E-state index in [0.717, 1.165) is 0 Å². The summed E-state index contributed by atoms with van der Waals surface area (Å²) in [5, 5.41) is 0. The van der Waals surface area contributed by atoms with Gasteiger partial charge in [-0.2, -0.15) is 17.0 Å². The largest absolute Gasteiger partial charge is 0.375 e. The number of rotatable bonds is 7. The molecule has 0 aliphatic carbocycles. The Labute approximate surface area is 136 Å². The van der Waals surface area contributed by atoms with Crippen LogP contribution in [0.3, 0.4) is 0 Å². The molecule has 0 spiro atoms. The minimum absolute atomic E-state index is 0.185. The van der Waals surface area contributed by atoms with E-state index in [1.807, 2.05) is 13.8 Å². The highest BCUT2D eigenvalue weighted by Crippen LogP contribution is 2.16. The van der Waals surface area contributed by atoms with Crippen molar-refractivity contribution in [3.05, 3.63) is 28.4 Å². The van der Waals surface area contributed by atoms with Gasteiger partial charge in [0.2, 0.25) is 0 Å². The van der Waals surface area contributed by atoms with E-state index in [0.29, 0.717) is 51.3 Å². The summed E-state index contributed by atoms with van der Waals surface area (Å²) in [5.74, 6) is 0. The maximum Gasteiger partial charge on any atom is 0.282 e. The number of hydrogen-bond acceptors (Lipinski definition) is 5. The van der Waals surface area contributed by atoms with Gasteiger partial charge >= 0.3 is 0 Å². The van der Waals surface area contributed by atoms with Crippen molar-refractivity contribution in [3.8, 4) is 0 Å². The summed E-state index contributed by atoms with van der Waals surface area (Å²) in [6.45, 7) is 5.67. The third kappa shape index (κ3) is 4.60. The zero-order chi connectivity index (χ0) is 16.9. The van der Waals surface area contributed by atoms with Crippen molar-refractivity contribution in [2.75, 3.05) is 32.8 Å². The van der Waals surface area contributed by atoms with Gasteiger partial charge in [0.1, 0.15) is 0 Å². The van der Waals surface area contributed by atoms with Gasteiger partial charge in [-0.3, -0.25) is 4.79 Å². The molecule has 8 nitrogen and oxygen atoms in total. The average molecular weight is 344 g/mol. The van der Waals surface area contributed by atoms with Crippen LogP contribution in [-0.2, 0) is 21.4 Å². The molecule has 0 unspecified atom stereocenters. The lowest BCUT2D eigenvalue weighted by atomic mass is 10.1. The van der Waals surface area contributed by atoms with Gasteiger partial charge in [-0.1, -0.05) is 13.8 Å². The first-order valence-electron chi connectivity index (χ1n) is 7.87. The summed E-state index contributed by atoms with van der Waals surface area (Å²) in [6.07, 6.45) is 2.39. The minimum atomic E-state index is -3.43. The zero-order valence-corrected chi connectivity index (χ0v) is 14.4. The topological polar surface area (TPSA) is 95.6 Å². The smallest absolute Gasteiger partial charge is 0.282 e. The second-order valence-corrected chi connectivity index (χ2v) is 7.31. The lowest BCUT2D eigenvalue weighted by Gasteiger charge is -2.35. The third-order valence-corrected chi connectivity index (χ3v) is 6.07. The van der Waals surface area contributed by atoms with Gasteiger partial charge in [0.05, 0.1) is 19.0 Å².